The van der Waals surface area contributed by atoms with E-state index in [1.807, 2.05) is 13.8 Å². The Morgan fingerprint density at radius 1 is 1.64 bits per heavy atom. The summed E-state index contributed by atoms with van der Waals surface area (Å²) in [6.45, 7) is 5.37. The number of carbonyl (C=O) groups is 1. The van der Waals surface area contributed by atoms with Gasteiger partial charge in [0.05, 0.1) is 5.60 Å². The van der Waals surface area contributed by atoms with Crippen molar-refractivity contribution in [3.63, 3.8) is 0 Å². The molecule has 0 aromatic heterocycles. The Kier molecular flexibility index (Phi) is 4.02. The van der Waals surface area contributed by atoms with Gasteiger partial charge in [-0.1, -0.05) is 0 Å². The van der Waals surface area contributed by atoms with E-state index < -0.39 is 5.60 Å². The van der Waals surface area contributed by atoms with E-state index in [2.05, 4.69) is 11.0 Å². The number of nitrogens with one attached hydrogen (secondary N) is 2. The molecule has 0 bridgehead atoms. The van der Waals surface area contributed by atoms with E-state index in [1.165, 1.54) is 6.92 Å². The number of hydrogen-bond donors (Lipinski definition) is 3. The summed E-state index contributed by atoms with van der Waals surface area (Å²) >= 11 is 0. The maximum Gasteiger partial charge on any atom is 0.232 e. The van der Waals surface area contributed by atoms with Gasteiger partial charge in [-0.05, 0) is 13.8 Å². The minimum absolute atomic E-state index is 0.210. The number of carbonyl (C=O) groups excluding carboxylic acids is 1. The van der Waals surface area contributed by atoms with Crippen molar-refractivity contribution in [1.29, 1.82) is 0 Å². The monoisotopic (exact) mass is 161 g/mol. The van der Waals surface area contributed by atoms with E-state index in [4.69, 9.17) is 10.6 Å². The quantitative estimate of drug-likeness (QED) is 0.476. The normalized spacial score (nSPS) is 11.3. The molecule has 0 saturated heterocycles. The molecule has 0 saturated carbocycles. The van der Waals surface area contributed by atoms with Crippen molar-refractivity contribution in [2.45, 2.75) is 26.4 Å². The van der Waals surface area contributed by atoms with Crippen LogP contribution in [-0.4, -0.2) is 18.1 Å². The van der Waals surface area contributed by atoms with Crippen LogP contribution in [0.3, 0.4) is 0 Å². The van der Waals surface area contributed by atoms with Crippen LogP contribution < -0.4 is 16.7 Å². The lowest BCUT2D eigenvalue weighted by atomic mass is 10.1. The zero-order valence-electron chi connectivity index (χ0n) is 7.10. The molecule has 0 atom stereocenters. The summed E-state index contributed by atoms with van der Waals surface area (Å²) in [6, 6.07) is 0. The molecule has 0 aromatic rings. The van der Waals surface area contributed by atoms with Gasteiger partial charge in [0.15, 0.2) is 0 Å². The molecule has 0 fully saturated rings. The van der Waals surface area contributed by atoms with Crippen LogP contribution in [0.15, 0.2) is 0 Å². The predicted molar refractivity (Wildman–Crippen MR) is 41.2 cm³/mol. The molecule has 0 aliphatic rings. The molecule has 1 amide bonds. The fourth-order valence-corrected chi connectivity index (χ4v) is 0.277. The lowest BCUT2D eigenvalue weighted by Crippen LogP contribution is -2.45. The summed E-state index contributed by atoms with van der Waals surface area (Å²) in [4.78, 5) is 15.3. The molecule has 11 heavy (non-hydrogen) atoms. The number of amides is 1. The Labute approximate surface area is 66.2 Å². The summed E-state index contributed by atoms with van der Waals surface area (Å²) in [5, 5.41) is 0. The number of nitrogens with two attached hydrogens (primary N) is 1. The SMILES string of the molecule is CC(=O)NNOC(C)(C)CN. The van der Waals surface area contributed by atoms with Crippen LogP contribution in [0.5, 0.6) is 0 Å². The summed E-state index contributed by atoms with van der Waals surface area (Å²) in [6.07, 6.45) is 0. The van der Waals surface area contributed by atoms with Crippen molar-refractivity contribution in [2.75, 3.05) is 6.54 Å². The first-order chi connectivity index (χ1) is 4.98. The summed E-state index contributed by atoms with van der Waals surface area (Å²) in [7, 11) is 0. The number of rotatable bonds is 4. The van der Waals surface area contributed by atoms with Crippen LogP contribution in [-0.2, 0) is 9.63 Å². The van der Waals surface area contributed by atoms with Gasteiger partial charge in [0, 0.05) is 13.5 Å². The Hall–Kier alpha value is -0.650. The third-order valence-electron chi connectivity index (χ3n) is 1.05. The third-order valence-corrected chi connectivity index (χ3v) is 1.05. The Morgan fingerprint density at radius 2 is 2.18 bits per heavy atom. The molecule has 0 radical (unpaired) electrons. The molecule has 5 heteroatoms. The highest BCUT2D eigenvalue weighted by Gasteiger charge is 2.15. The van der Waals surface area contributed by atoms with Gasteiger partial charge >= 0.3 is 0 Å². The van der Waals surface area contributed by atoms with Crippen LogP contribution in [0.1, 0.15) is 20.8 Å². The van der Waals surface area contributed by atoms with E-state index in [9.17, 15) is 4.79 Å². The minimum Gasteiger partial charge on any atom is -0.328 e. The van der Waals surface area contributed by atoms with Crippen LogP contribution in [0.25, 0.3) is 0 Å². The second-order valence-electron chi connectivity index (χ2n) is 2.85. The first-order valence-electron chi connectivity index (χ1n) is 3.37. The molecule has 0 spiro atoms. The van der Waals surface area contributed by atoms with Crippen LogP contribution >= 0.6 is 0 Å². The third kappa shape index (κ3) is 5.78. The average Bonchev–Trinajstić information content (AvgIpc) is 1.87. The van der Waals surface area contributed by atoms with Gasteiger partial charge in [0.25, 0.3) is 0 Å². The second-order valence-corrected chi connectivity index (χ2v) is 2.85. The minimum atomic E-state index is -0.470. The van der Waals surface area contributed by atoms with Crippen molar-refractivity contribution < 1.29 is 9.63 Å². The van der Waals surface area contributed by atoms with E-state index in [-0.39, 0.29) is 5.91 Å². The van der Waals surface area contributed by atoms with Crippen LogP contribution in [0.4, 0.5) is 0 Å². The van der Waals surface area contributed by atoms with Crippen LogP contribution in [0, 0.1) is 0 Å². The fourth-order valence-electron chi connectivity index (χ4n) is 0.277. The molecule has 0 rings (SSSR count). The van der Waals surface area contributed by atoms with Gasteiger partial charge in [0.1, 0.15) is 0 Å². The Bertz CT molecular complexity index is 136. The van der Waals surface area contributed by atoms with Gasteiger partial charge in [0.2, 0.25) is 5.91 Å². The fraction of sp³-hybridized carbons (Fsp3) is 0.833. The molecular formula is C6H15N3O2. The average molecular weight is 161 g/mol. The summed E-state index contributed by atoms with van der Waals surface area (Å²) < 4.78 is 0. The second kappa shape index (κ2) is 4.27. The van der Waals surface area contributed by atoms with Crippen molar-refractivity contribution in [2.24, 2.45) is 5.73 Å². The number of hydrogen-bond acceptors (Lipinski definition) is 4. The number of hydrazine groups is 1. The largest absolute Gasteiger partial charge is 0.328 e. The molecule has 5 nitrogen and oxygen atoms in total. The van der Waals surface area contributed by atoms with E-state index in [0.29, 0.717) is 6.54 Å². The van der Waals surface area contributed by atoms with Crippen molar-refractivity contribution in [3.05, 3.63) is 0 Å². The van der Waals surface area contributed by atoms with Gasteiger partial charge in [-0.2, -0.15) is 0 Å². The first kappa shape index (κ1) is 10.3. The highest BCUT2D eigenvalue weighted by molar-refractivity contribution is 5.72. The highest BCUT2D eigenvalue weighted by atomic mass is 16.7. The Morgan fingerprint density at radius 3 is 2.55 bits per heavy atom. The topological polar surface area (TPSA) is 76.4 Å². The highest BCUT2D eigenvalue weighted by Crippen LogP contribution is 2.01. The van der Waals surface area contributed by atoms with Gasteiger partial charge in [-0.25, -0.2) is 0 Å². The molecule has 0 heterocycles. The summed E-state index contributed by atoms with van der Waals surface area (Å²) in [5.74, 6) is -0.210. The molecule has 0 unspecified atom stereocenters. The molecule has 0 aliphatic carbocycles. The van der Waals surface area contributed by atoms with E-state index in [1.54, 1.807) is 0 Å². The zero-order valence-corrected chi connectivity index (χ0v) is 7.10. The molecule has 66 valence electrons. The van der Waals surface area contributed by atoms with Gasteiger partial charge in [-0.3, -0.25) is 15.1 Å². The van der Waals surface area contributed by atoms with Gasteiger partial charge < -0.3 is 5.73 Å². The summed E-state index contributed by atoms with van der Waals surface area (Å²) in [5.41, 5.74) is 9.44. The van der Waals surface area contributed by atoms with E-state index in [0.717, 1.165) is 0 Å². The van der Waals surface area contributed by atoms with Gasteiger partial charge in [-0.15, -0.1) is 5.59 Å². The smallest absolute Gasteiger partial charge is 0.232 e. The predicted octanol–water partition coefficient (Wildman–Crippen LogP) is -0.704. The Balaban J connectivity index is 3.45. The first-order valence-corrected chi connectivity index (χ1v) is 3.37. The molecular weight excluding hydrogens is 146 g/mol. The maximum atomic E-state index is 10.3. The van der Waals surface area contributed by atoms with Crippen molar-refractivity contribution >= 4 is 5.91 Å². The van der Waals surface area contributed by atoms with E-state index >= 15 is 0 Å². The zero-order chi connectivity index (χ0) is 8.91. The molecule has 0 aliphatic heterocycles. The van der Waals surface area contributed by atoms with Crippen molar-refractivity contribution in [3.8, 4) is 0 Å². The lowest BCUT2D eigenvalue weighted by molar-refractivity contribution is -0.134. The maximum absolute atomic E-state index is 10.3. The standard InChI is InChI=1S/C6H15N3O2/c1-5(10)8-9-11-6(2,3)4-7/h9H,4,7H2,1-3H3,(H,8,10). The van der Waals surface area contributed by atoms with Crippen molar-refractivity contribution in [1.82, 2.24) is 11.0 Å². The lowest BCUT2D eigenvalue weighted by Gasteiger charge is -2.22. The molecule has 4 N–H and O–H groups in total. The van der Waals surface area contributed by atoms with Crippen LogP contribution in [0.2, 0.25) is 0 Å². The molecule has 0 aromatic carbocycles.